The standard InChI is InChI=1S/C21H22O7S/c1-5-21(2,3)17-12-15(20(27-4)13-19(17)23)8-11-18(22)14-6-9-16(10-7-14)28-29(24,25)26/h5-13,23H,1H2,2-4H3,(H,24,25,26)/b11-8+. The van der Waals surface area contributed by atoms with Crippen LogP contribution in [-0.4, -0.2) is 31.0 Å². The highest BCUT2D eigenvalue weighted by molar-refractivity contribution is 7.81. The Morgan fingerprint density at radius 1 is 1.17 bits per heavy atom. The fraction of sp³-hybridized carbons (Fsp3) is 0.190. The molecule has 0 aromatic heterocycles. The number of ketones is 1. The second kappa shape index (κ2) is 8.50. The second-order valence-electron chi connectivity index (χ2n) is 6.77. The number of phenolic OH excluding ortho intramolecular Hbond substituents is 1. The van der Waals surface area contributed by atoms with E-state index in [1.807, 2.05) is 13.8 Å². The van der Waals surface area contributed by atoms with Crippen molar-refractivity contribution in [2.75, 3.05) is 7.11 Å². The van der Waals surface area contributed by atoms with Crippen molar-refractivity contribution in [3.63, 3.8) is 0 Å². The lowest BCUT2D eigenvalue weighted by Crippen LogP contribution is -2.13. The molecule has 0 saturated carbocycles. The van der Waals surface area contributed by atoms with Crippen molar-refractivity contribution >= 4 is 22.3 Å². The van der Waals surface area contributed by atoms with Crippen LogP contribution in [0.3, 0.4) is 0 Å². The Hall–Kier alpha value is -3.10. The maximum Gasteiger partial charge on any atom is 0.446 e. The van der Waals surface area contributed by atoms with Gasteiger partial charge in [0.25, 0.3) is 0 Å². The number of aromatic hydroxyl groups is 1. The minimum atomic E-state index is -4.63. The third-order valence-electron chi connectivity index (χ3n) is 4.31. The van der Waals surface area contributed by atoms with Gasteiger partial charge in [-0.05, 0) is 42.5 Å². The fourth-order valence-electron chi connectivity index (χ4n) is 2.58. The molecule has 8 heteroatoms. The van der Waals surface area contributed by atoms with E-state index in [1.165, 1.54) is 43.5 Å². The van der Waals surface area contributed by atoms with Crippen molar-refractivity contribution in [1.82, 2.24) is 0 Å². The lowest BCUT2D eigenvalue weighted by Gasteiger charge is -2.23. The number of ether oxygens (including phenoxy) is 1. The molecule has 154 valence electrons. The number of carbonyl (C=O) groups excluding carboxylic acids is 1. The summed E-state index contributed by atoms with van der Waals surface area (Å²) in [5, 5.41) is 10.3. The van der Waals surface area contributed by atoms with Crippen molar-refractivity contribution in [3.8, 4) is 17.2 Å². The van der Waals surface area contributed by atoms with Crippen molar-refractivity contribution in [2.45, 2.75) is 19.3 Å². The summed E-state index contributed by atoms with van der Waals surface area (Å²) < 4.78 is 39.7. The number of phenols is 1. The van der Waals surface area contributed by atoms with Gasteiger partial charge in [0.15, 0.2) is 5.78 Å². The maximum absolute atomic E-state index is 12.4. The van der Waals surface area contributed by atoms with E-state index in [0.29, 0.717) is 16.9 Å². The third-order valence-corrected chi connectivity index (χ3v) is 4.71. The molecule has 7 nitrogen and oxygen atoms in total. The first kappa shape index (κ1) is 22.2. The molecule has 29 heavy (non-hydrogen) atoms. The van der Waals surface area contributed by atoms with Gasteiger partial charge >= 0.3 is 10.4 Å². The molecule has 0 atom stereocenters. The number of rotatable bonds is 8. The molecule has 0 aliphatic rings. The molecule has 0 saturated heterocycles. The Labute approximate surface area is 169 Å². The number of benzene rings is 2. The highest BCUT2D eigenvalue weighted by atomic mass is 32.3. The molecule has 0 aliphatic carbocycles. The molecule has 2 rings (SSSR count). The molecule has 0 heterocycles. The van der Waals surface area contributed by atoms with Gasteiger partial charge in [-0.2, -0.15) is 8.42 Å². The van der Waals surface area contributed by atoms with E-state index >= 15 is 0 Å². The van der Waals surface area contributed by atoms with Crippen molar-refractivity contribution in [1.29, 1.82) is 0 Å². The lowest BCUT2D eigenvalue weighted by molar-refractivity contribution is 0.104. The molecule has 0 fully saturated rings. The zero-order chi connectivity index (χ0) is 21.8. The predicted octanol–water partition coefficient (Wildman–Crippen LogP) is 3.94. The van der Waals surface area contributed by atoms with Crippen molar-refractivity contribution in [3.05, 3.63) is 71.8 Å². The summed E-state index contributed by atoms with van der Waals surface area (Å²) in [7, 11) is -3.17. The zero-order valence-corrected chi connectivity index (χ0v) is 17.1. The highest BCUT2D eigenvalue weighted by Gasteiger charge is 2.22. The first-order valence-corrected chi connectivity index (χ1v) is 9.88. The topological polar surface area (TPSA) is 110 Å². The van der Waals surface area contributed by atoms with Gasteiger partial charge in [0.2, 0.25) is 0 Å². The smallest absolute Gasteiger partial charge is 0.446 e. The SMILES string of the molecule is C=CC(C)(C)c1cc(/C=C/C(=O)c2ccc(OS(=O)(=O)O)cc2)c(OC)cc1O. The summed E-state index contributed by atoms with van der Waals surface area (Å²) in [5.74, 6) is -0.00990. The minimum absolute atomic E-state index is 0.0599. The molecule has 0 amide bonds. The van der Waals surface area contributed by atoms with Crippen LogP contribution >= 0.6 is 0 Å². The fourth-order valence-corrected chi connectivity index (χ4v) is 2.93. The number of allylic oxidation sites excluding steroid dienone is 2. The molecule has 0 radical (unpaired) electrons. The van der Waals surface area contributed by atoms with Crippen LogP contribution in [0.1, 0.15) is 35.3 Å². The summed E-state index contributed by atoms with van der Waals surface area (Å²) in [6.45, 7) is 7.59. The molecule has 0 unspecified atom stereocenters. The lowest BCUT2D eigenvalue weighted by atomic mass is 9.83. The van der Waals surface area contributed by atoms with Crippen LogP contribution in [0.4, 0.5) is 0 Å². The van der Waals surface area contributed by atoms with Gasteiger partial charge in [-0.1, -0.05) is 19.9 Å². The van der Waals surface area contributed by atoms with Gasteiger partial charge in [0, 0.05) is 28.2 Å². The highest BCUT2D eigenvalue weighted by Crippen LogP contribution is 2.37. The summed E-state index contributed by atoms with van der Waals surface area (Å²) in [6, 6.07) is 8.44. The summed E-state index contributed by atoms with van der Waals surface area (Å²) in [6.07, 6.45) is 4.60. The molecule has 0 bridgehead atoms. The van der Waals surface area contributed by atoms with Crippen LogP contribution < -0.4 is 8.92 Å². The zero-order valence-electron chi connectivity index (χ0n) is 16.2. The Kier molecular flexibility index (Phi) is 6.51. The van der Waals surface area contributed by atoms with Crippen LogP contribution in [0.2, 0.25) is 0 Å². The third kappa shape index (κ3) is 5.69. The van der Waals surface area contributed by atoms with Crippen LogP contribution in [0.15, 0.2) is 55.1 Å². The van der Waals surface area contributed by atoms with E-state index in [9.17, 15) is 18.3 Å². The number of hydrogen-bond donors (Lipinski definition) is 2. The second-order valence-corrected chi connectivity index (χ2v) is 7.79. The number of methoxy groups -OCH3 is 1. The Morgan fingerprint density at radius 2 is 1.79 bits per heavy atom. The Balaban J connectivity index is 2.31. The van der Waals surface area contributed by atoms with Gasteiger partial charge in [0.05, 0.1) is 7.11 Å². The average Bonchev–Trinajstić information content (AvgIpc) is 2.65. The first-order chi connectivity index (χ1) is 13.5. The number of hydrogen-bond acceptors (Lipinski definition) is 6. The van der Waals surface area contributed by atoms with Crippen molar-refractivity contribution in [2.24, 2.45) is 0 Å². The summed E-state index contributed by atoms with van der Waals surface area (Å²) in [5.41, 5.74) is 1.02. The molecule has 2 N–H and O–H groups in total. The van der Waals surface area contributed by atoms with Gasteiger partial charge in [-0.3, -0.25) is 9.35 Å². The van der Waals surface area contributed by atoms with E-state index in [-0.39, 0.29) is 22.8 Å². The molecule has 0 aliphatic heterocycles. The van der Waals surface area contributed by atoms with E-state index in [0.717, 1.165) is 0 Å². The van der Waals surface area contributed by atoms with Gasteiger partial charge in [-0.25, -0.2) is 0 Å². The Morgan fingerprint density at radius 3 is 2.31 bits per heavy atom. The monoisotopic (exact) mass is 418 g/mol. The van der Waals surface area contributed by atoms with Gasteiger partial charge in [-0.15, -0.1) is 6.58 Å². The average molecular weight is 418 g/mol. The number of carbonyl (C=O) groups is 1. The van der Waals surface area contributed by atoms with Gasteiger partial charge in [0.1, 0.15) is 17.2 Å². The van der Waals surface area contributed by atoms with E-state index in [4.69, 9.17) is 9.29 Å². The molecule has 2 aromatic carbocycles. The normalized spacial score (nSPS) is 12.0. The Bertz CT molecular complexity index is 1050. The summed E-state index contributed by atoms with van der Waals surface area (Å²) >= 11 is 0. The quantitative estimate of drug-likeness (QED) is 0.289. The molecular formula is C21H22O7S. The molecule has 2 aromatic rings. The van der Waals surface area contributed by atoms with Crippen molar-refractivity contribution < 1.29 is 31.8 Å². The van der Waals surface area contributed by atoms with Crippen LogP contribution in [0.25, 0.3) is 6.08 Å². The predicted molar refractivity (Wildman–Crippen MR) is 110 cm³/mol. The summed E-state index contributed by atoms with van der Waals surface area (Å²) in [4.78, 5) is 12.4. The largest absolute Gasteiger partial charge is 0.507 e. The maximum atomic E-state index is 12.4. The van der Waals surface area contributed by atoms with Crippen LogP contribution in [-0.2, 0) is 15.8 Å². The minimum Gasteiger partial charge on any atom is -0.507 e. The molecule has 0 spiro atoms. The van der Waals surface area contributed by atoms with Crippen LogP contribution in [0.5, 0.6) is 17.2 Å². The van der Waals surface area contributed by atoms with E-state index in [2.05, 4.69) is 10.8 Å². The first-order valence-electron chi connectivity index (χ1n) is 8.51. The van der Waals surface area contributed by atoms with E-state index < -0.39 is 15.8 Å². The van der Waals surface area contributed by atoms with E-state index in [1.54, 1.807) is 18.2 Å². The molecular weight excluding hydrogens is 396 g/mol. The van der Waals surface area contributed by atoms with Crippen LogP contribution in [0, 0.1) is 0 Å². The van der Waals surface area contributed by atoms with Gasteiger partial charge < -0.3 is 14.0 Å².